The van der Waals surface area contributed by atoms with Gasteiger partial charge >= 0.3 is 11.7 Å². The minimum Gasteiger partial charge on any atom is -0.481 e. The van der Waals surface area contributed by atoms with E-state index in [1.807, 2.05) is 0 Å². The number of aryl methyl sites for hydroxylation is 2. The van der Waals surface area contributed by atoms with Gasteiger partial charge in [0.25, 0.3) is 0 Å². The quantitative estimate of drug-likeness (QED) is 0.823. The molecule has 8 heteroatoms. The van der Waals surface area contributed by atoms with E-state index in [0.717, 1.165) is 0 Å². The van der Waals surface area contributed by atoms with Crippen molar-refractivity contribution in [3.8, 4) is 0 Å². The molecule has 0 aliphatic heterocycles. The van der Waals surface area contributed by atoms with E-state index in [9.17, 15) is 14.4 Å². The van der Waals surface area contributed by atoms with Gasteiger partial charge in [-0.05, 0) is 12.1 Å². The predicted molar refractivity (Wildman–Crippen MR) is 71.5 cm³/mol. The van der Waals surface area contributed by atoms with Gasteiger partial charge < -0.3 is 10.4 Å². The maximum absolute atomic E-state index is 11.7. The van der Waals surface area contributed by atoms with Crippen LogP contribution >= 0.6 is 0 Å². The number of aromatic nitrogens is 3. The molecule has 2 aromatic heterocycles. The number of aliphatic carboxylic acids is 1. The Bertz CT molecular complexity index is 744. The van der Waals surface area contributed by atoms with Crippen LogP contribution in [-0.2, 0) is 23.7 Å². The third-order valence-corrected chi connectivity index (χ3v) is 2.94. The van der Waals surface area contributed by atoms with Crippen LogP contribution in [-0.4, -0.2) is 31.1 Å². The first kappa shape index (κ1) is 13.8. The van der Waals surface area contributed by atoms with Gasteiger partial charge in [0, 0.05) is 20.5 Å². The van der Waals surface area contributed by atoms with Crippen LogP contribution < -0.4 is 11.0 Å². The minimum atomic E-state index is -1.03. The van der Waals surface area contributed by atoms with Gasteiger partial charge in [0.2, 0.25) is 5.91 Å². The van der Waals surface area contributed by atoms with E-state index in [4.69, 9.17) is 5.11 Å². The third kappa shape index (κ3) is 2.53. The fourth-order valence-electron chi connectivity index (χ4n) is 1.86. The van der Waals surface area contributed by atoms with Crippen molar-refractivity contribution in [2.45, 2.75) is 12.8 Å². The van der Waals surface area contributed by atoms with E-state index in [2.05, 4.69) is 10.3 Å². The first-order chi connectivity index (χ1) is 9.40. The van der Waals surface area contributed by atoms with E-state index in [-0.39, 0.29) is 24.3 Å². The van der Waals surface area contributed by atoms with Crippen LogP contribution in [0.15, 0.2) is 16.9 Å². The second-order valence-electron chi connectivity index (χ2n) is 4.38. The van der Waals surface area contributed by atoms with Crippen molar-refractivity contribution in [2.75, 3.05) is 5.32 Å². The zero-order chi connectivity index (χ0) is 14.9. The fourth-order valence-corrected chi connectivity index (χ4v) is 1.86. The standard InChI is InChI=1S/C12H14N4O4/c1-15-7-3-4-8(13-9(17)5-6-10(18)19)14-11(7)16(2)12(15)20/h3-4H,5-6H2,1-2H3,(H,18,19)(H,13,14,17). The van der Waals surface area contributed by atoms with Gasteiger partial charge in [0.15, 0.2) is 5.65 Å². The number of carboxylic acids is 1. The van der Waals surface area contributed by atoms with E-state index in [1.54, 1.807) is 26.2 Å². The second-order valence-corrected chi connectivity index (χ2v) is 4.38. The molecule has 1 amide bonds. The Kier molecular flexibility index (Phi) is 3.55. The summed E-state index contributed by atoms with van der Waals surface area (Å²) >= 11 is 0. The van der Waals surface area contributed by atoms with Crippen molar-refractivity contribution in [1.29, 1.82) is 0 Å². The molecule has 0 spiro atoms. The molecule has 0 radical (unpaired) electrons. The highest BCUT2D eigenvalue weighted by molar-refractivity contribution is 5.92. The summed E-state index contributed by atoms with van der Waals surface area (Å²) in [5.74, 6) is -1.18. The van der Waals surface area contributed by atoms with Crippen molar-refractivity contribution in [1.82, 2.24) is 14.1 Å². The Labute approximate surface area is 113 Å². The number of nitrogens with one attached hydrogen (secondary N) is 1. The Balaban J connectivity index is 2.24. The molecular formula is C12H14N4O4. The lowest BCUT2D eigenvalue weighted by molar-refractivity contribution is -0.138. The number of carboxylic acid groups (broad SMARTS) is 1. The summed E-state index contributed by atoms with van der Waals surface area (Å²) < 4.78 is 2.83. The van der Waals surface area contributed by atoms with Gasteiger partial charge in [0.05, 0.1) is 11.9 Å². The van der Waals surface area contributed by atoms with E-state index < -0.39 is 11.9 Å². The van der Waals surface area contributed by atoms with Crippen LogP contribution in [0, 0.1) is 0 Å². The lowest BCUT2D eigenvalue weighted by atomic mass is 10.3. The number of carbonyl (C=O) groups excluding carboxylic acids is 1. The normalized spacial score (nSPS) is 10.7. The lowest BCUT2D eigenvalue weighted by Crippen LogP contribution is -2.19. The van der Waals surface area contributed by atoms with Gasteiger partial charge in [-0.2, -0.15) is 0 Å². The molecule has 106 valence electrons. The van der Waals surface area contributed by atoms with Crippen molar-refractivity contribution >= 4 is 28.9 Å². The lowest BCUT2D eigenvalue weighted by Gasteiger charge is -2.04. The van der Waals surface area contributed by atoms with Crippen molar-refractivity contribution in [3.63, 3.8) is 0 Å². The molecule has 0 unspecified atom stereocenters. The van der Waals surface area contributed by atoms with Gasteiger partial charge in [-0.25, -0.2) is 9.78 Å². The van der Waals surface area contributed by atoms with Crippen LogP contribution in [0.25, 0.3) is 11.2 Å². The average molecular weight is 278 g/mol. The molecule has 0 saturated carbocycles. The average Bonchev–Trinajstić information content (AvgIpc) is 2.62. The molecule has 0 aliphatic rings. The van der Waals surface area contributed by atoms with Crippen LogP contribution in [0.5, 0.6) is 0 Å². The number of hydrogen-bond donors (Lipinski definition) is 2. The molecule has 2 rings (SSSR count). The van der Waals surface area contributed by atoms with Crippen molar-refractivity contribution in [3.05, 3.63) is 22.6 Å². The molecule has 2 N–H and O–H groups in total. The minimum absolute atomic E-state index is 0.122. The molecule has 0 saturated heterocycles. The Morgan fingerprint density at radius 1 is 1.25 bits per heavy atom. The summed E-state index contributed by atoms with van der Waals surface area (Å²) in [6, 6.07) is 3.25. The molecule has 0 aliphatic carbocycles. The number of fused-ring (bicyclic) bond motifs is 1. The van der Waals surface area contributed by atoms with E-state index in [1.165, 1.54) is 9.13 Å². The molecular weight excluding hydrogens is 264 g/mol. The fraction of sp³-hybridized carbons (Fsp3) is 0.333. The highest BCUT2D eigenvalue weighted by Crippen LogP contribution is 2.13. The largest absolute Gasteiger partial charge is 0.481 e. The van der Waals surface area contributed by atoms with Gasteiger partial charge in [-0.1, -0.05) is 0 Å². The number of amides is 1. The zero-order valence-corrected chi connectivity index (χ0v) is 11.1. The number of rotatable bonds is 4. The van der Waals surface area contributed by atoms with Crippen LogP contribution in [0.4, 0.5) is 5.82 Å². The maximum Gasteiger partial charge on any atom is 0.329 e. The third-order valence-electron chi connectivity index (χ3n) is 2.94. The highest BCUT2D eigenvalue weighted by Gasteiger charge is 2.11. The van der Waals surface area contributed by atoms with Crippen LogP contribution in [0.1, 0.15) is 12.8 Å². The Morgan fingerprint density at radius 3 is 2.60 bits per heavy atom. The summed E-state index contributed by atoms with van der Waals surface area (Å²) in [6.07, 6.45) is -0.360. The highest BCUT2D eigenvalue weighted by atomic mass is 16.4. The van der Waals surface area contributed by atoms with E-state index in [0.29, 0.717) is 11.2 Å². The van der Waals surface area contributed by atoms with Crippen molar-refractivity contribution in [2.24, 2.45) is 14.1 Å². The monoisotopic (exact) mass is 278 g/mol. The van der Waals surface area contributed by atoms with E-state index >= 15 is 0 Å². The molecule has 2 aromatic rings. The Morgan fingerprint density at radius 2 is 1.95 bits per heavy atom. The molecule has 2 heterocycles. The molecule has 0 fully saturated rings. The topological polar surface area (TPSA) is 106 Å². The molecule has 0 atom stereocenters. The molecule has 0 bridgehead atoms. The SMILES string of the molecule is Cn1c(=O)n(C)c2nc(NC(=O)CCC(=O)O)ccc21. The number of nitrogens with zero attached hydrogens (tertiary/aromatic N) is 3. The summed E-state index contributed by atoms with van der Waals surface area (Å²) in [6.45, 7) is 0. The number of carbonyl (C=O) groups is 2. The molecule has 8 nitrogen and oxygen atoms in total. The number of hydrogen-bond acceptors (Lipinski definition) is 4. The first-order valence-electron chi connectivity index (χ1n) is 5.94. The number of anilines is 1. The smallest absolute Gasteiger partial charge is 0.329 e. The van der Waals surface area contributed by atoms with Crippen molar-refractivity contribution < 1.29 is 14.7 Å². The van der Waals surface area contributed by atoms with Gasteiger partial charge in [-0.3, -0.25) is 18.7 Å². The number of imidazole rings is 1. The molecule has 20 heavy (non-hydrogen) atoms. The summed E-state index contributed by atoms with van der Waals surface area (Å²) in [7, 11) is 3.23. The van der Waals surface area contributed by atoms with Gasteiger partial charge in [0.1, 0.15) is 5.82 Å². The predicted octanol–water partition coefficient (Wildman–Crippen LogP) is 0.0753. The Hall–Kier alpha value is -2.64. The van der Waals surface area contributed by atoms with Gasteiger partial charge in [-0.15, -0.1) is 0 Å². The molecule has 0 aromatic carbocycles. The number of pyridine rings is 1. The first-order valence-corrected chi connectivity index (χ1v) is 5.94. The summed E-state index contributed by atoms with van der Waals surface area (Å²) in [4.78, 5) is 37.8. The second kappa shape index (κ2) is 5.16. The van der Waals surface area contributed by atoms with Crippen LogP contribution in [0.2, 0.25) is 0 Å². The maximum atomic E-state index is 11.7. The summed E-state index contributed by atoms with van der Waals surface area (Å²) in [5, 5.41) is 11.0. The zero-order valence-electron chi connectivity index (χ0n) is 11.1. The van der Waals surface area contributed by atoms with Crippen LogP contribution in [0.3, 0.4) is 0 Å². The summed E-state index contributed by atoms with van der Waals surface area (Å²) in [5.41, 5.74) is 0.899.